The fraction of sp³-hybridized carbons (Fsp3) is 0.647. The van der Waals surface area contributed by atoms with Crippen LogP contribution in [0.2, 0.25) is 0 Å². The lowest BCUT2D eigenvalue weighted by Gasteiger charge is -2.32. The van der Waals surface area contributed by atoms with Crippen molar-refractivity contribution in [1.82, 2.24) is 5.32 Å². The highest BCUT2D eigenvalue weighted by Gasteiger charge is 2.20. The third-order valence-corrected chi connectivity index (χ3v) is 3.40. The van der Waals surface area contributed by atoms with Gasteiger partial charge in [0.2, 0.25) is 0 Å². The molecular weight excluding hydrogens is 248 g/mol. The predicted molar refractivity (Wildman–Crippen MR) is 87.3 cm³/mol. The summed E-state index contributed by atoms with van der Waals surface area (Å²) < 4.78 is 0. The highest BCUT2D eigenvalue weighted by molar-refractivity contribution is 5.55. The van der Waals surface area contributed by atoms with Gasteiger partial charge in [0, 0.05) is 24.8 Å². The fourth-order valence-electron chi connectivity index (χ4n) is 2.45. The van der Waals surface area contributed by atoms with Crippen LogP contribution in [0.15, 0.2) is 24.3 Å². The quantitative estimate of drug-likeness (QED) is 0.765. The van der Waals surface area contributed by atoms with Crippen LogP contribution in [-0.4, -0.2) is 30.3 Å². The molecule has 1 unspecified atom stereocenters. The van der Waals surface area contributed by atoms with Crippen molar-refractivity contribution in [3.8, 4) is 0 Å². The number of para-hydroxylation sites is 1. The number of aliphatic hydroxyl groups is 1. The Morgan fingerprint density at radius 1 is 1.25 bits per heavy atom. The Hall–Kier alpha value is -1.06. The van der Waals surface area contributed by atoms with Gasteiger partial charge in [0.05, 0.1) is 5.60 Å². The van der Waals surface area contributed by atoms with E-state index in [-0.39, 0.29) is 0 Å². The van der Waals surface area contributed by atoms with Crippen LogP contribution in [0, 0.1) is 0 Å². The van der Waals surface area contributed by atoms with Crippen LogP contribution < -0.4 is 10.2 Å². The molecule has 1 aromatic rings. The van der Waals surface area contributed by atoms with Gasteiger partial charge in [-0.15, -0.1) is 0 Å². The first-order valence-electron chi connectivity index (χ1n) is 7.68. The number of nitrogens with one attached hydrogen (secondary N) is 1. The van der Waals surface area contributed by atoms with Crippen molar-refractivity contribution in [1.29, 1.82) is 0 Å². The largest absolute Gasteiger partial charge is 0.389 e. The van der Waals surface area contributed by atoms with Crippen LogP contribution in [0.5, 0.6) is 0 Å². The summed E-state index contributed by atoms with van der Waals surface area (Å²) in [5.41, 5.74) is 1.82. The first-order chi connectivity index (χ1) is 9.39. The Morgan fingerprint density at radius 3 is 2.45 bits per heavy atom. The molecule has 0 fully saturated rings. The first kappa shape index (κ1) is 17.0. The van der Waals surface area contributed by atoms with Crippen LogP contribution in [0.4, 0.5) is 5.69 Å². The molecule has 1 atom stereocenters. The zero-order valence-electron chi connectivity index (χ0n) is 13.6. The second-order valence-corrected chi connectivity index (χ2v) is 6.06. The van der Waals surface area contributed by atoms with Crippen LogP contribution in [0.25, 0.3) is 0 Å². The molecule has 1 aromatic carbocycles. The van der Waals surface area contributed by atoms with Gasteiger partial charge in [-0.05, 0) is 52.3 Å². The minimum atomic E-state index is -0.691. The molecule has 3 heteroatoms. The summed E-state index contributed by atoms with van der Waals surface area (Å²) in [6.07, 6.45) is 1.13. The van der Waals surface area contributed by atoms with Gasteiger partial charge < -0.3 is 15.3 Å². The van der Waals surface area contributed by atoms with Crippen LogP contribution in [0.1, 0.15) is 52.6 Å². The number of nitrogens with zero attached hydrogens (tertiary/aromatic N) is 1. The van der Waals surface area contributed by atoms with Crippen molar-refractivity contribution in [2.75, 3.05) is 24.5 Å². The number of anilines is 1. The maximum atomic E-state index is 10.1. The maximum absolute atomic E-state index is 10.1. The molecule has 3 nitrogen and oxygen atoms in total. The lowest BCUT2D eigenvalue weighted by Crippen LogP contribution is -2.39. The molecule has 0 amide bonds. The molecule has 0 bridgehead atoms. The van der Waals surface area contributed by atoms with E-state index in [0.717, 1.165) is 19.5 Å². The first-order valence-corrected chi connectivity index (χ1v) is 7.68. The van der Waals surface area contributed by atoms with Gasteiger partial charge >= 0.3 is 0 Å². The van der Waals surface area contributed by atoms with Crippen molar-refractivity contribution < 1.29 is 5.11 Å². The zero-order valence-corrected chi connectivity index (χ0v) is 13.6. The van der Waals surface area contributed by atoms with E-state index in [9.17, 15) is 5.11 Å². The maximum Gasteiger partial charge on any atom is 0.0765 e. The number of hydrogen-bond acceptors (Lipinski definition) is 3. The van der Waals surface area contributed by atoms with Gasteiger partial charge in [-0.3, -0.25) is 0 Å². The third kappa shape index (κ3) is 5.14. The van der Waals surface area contributed by atoms with E-state index in [1.165, 1.54) is 11.3 Å². The minimum Gasteiger partial charge on any atom is -0.389 e. The molecule has 0 aliphatic carbocycles. The smallest absolute Gasteiger partial charge is 0.0765 e. The van der Waals surface area contributed by atoms with E-state index in [4.69, 9.17) is 0 Å². The van der Waals surface area contributed by atoms with E-state index in [1.54, 1.807) is 0 Å². The Morgan fingerprint density at radius 2 is 1.90 bits per heavy atom. The second-order valence-electron chi connectivity index (χ2n) is 6.06. The Bertz CT molecular complexity index is 398. The van der Waals surface area contributed by atoms with Crippen LogP contribution >= 0.6 is 0 Å². The minimum absolute atomic E-state index is 0.321. The Kier molecular flexibility index (Phi) is 6.50. The lowest BCUT2D eigenvalue weighted by molar-refractivity contribution is 0.0875. The topological polar surface area (TPSA) is 35.5 Å². The van der Waals surface area contributed by atoms with Gasteiger partial charge in [-0.1, -0.05) is 25.1 Å². The van der Waals surface area contributed by atoms with Crippen molar-refractivity contribution in [2.45, 2.75) is 52.7 Å². The molecule has 0 saturated heterocycles. The van der Waals surface area contributed by atoms with E-state index < -0.39 is 5.60 Å². The molecule has 0 radical (unpaired) electrons. The molecule has 0 aliphatic heterocycles. The molecule has 0 saturated carbocycles. The van der Waals surface area contributed by atoms with Gasteiger partial charge in [0.1, 0.15) is 0 Å². The standard InChI is InChI=1S/C17H30N2O/c1-6-12-18-14(3)15-10-8-9-11-16(15)19(7-2)13-17(4,5)20/h8-11,14,18,20H,6-7,12-13H2,1-5H3. The summed E-state index contributed by atoms with van der Waals surface area (Å²) >= 11 is 0. The molecule has 1 rings (SSSR count). The predicted octanol–water partition coefficient (Wildman–Crippen LogP) is 3.34. The van der Waals surface area contributed by atoms with Crippen molar-refractivity contribution in [3.05, 3.63) is 29.8 Å². The Balaban J connectivity index is 2.97. The van der Waals surface area contributed by atoms with E-state index >= 15 is 0 Å². The summed E-state index contributed by atoms with van der Waals surface area (Å²) in [4.78, 5) is 2.25. The molecule has 2 N–H and O–H groups in total. The lowest BCUT2D eigenvalue weighted by atomic mass is 10.0. The molecule has 0 aliphatic rings. The summed E-state index contributed by atoms with van der Waals surface area (Å²) in [6, 6.07) is 8.80. The van der Waals surface area contributed by atoms with Gasteiger partial charge in [0.15, 0.2) is 0 Å². The zero-order chi connectivity index (χ0) is 15.2. The SMILES string of the molecule is CCCNC(C)c1ccccc1N(CC)CC(C)(C)O. The highest BCUT2D eigenvalue weighted by atomic mass is 16.3. The molecule has 20 heavy (non-hydrogen) atoms. The number of hydrogen-bond donors (Lipinski definition) is 2. The average Bonchev–Trinajstić information content (AvgIpc) is 2.41. The van der Waals surface area contributed by atoms with Crippen LogP contribution in [-0.2, 0) is 0 Å². The Labute approximate surface area is 124 Å². The van der Waals surface area contributed by atoms with Crippen molar-refractivity contribution in [2.24, 2.45) is 0 Å². The average molecular weight is 278 g/mol. The molecule has 0 spiro atoms. The number of likely N-dealkylation sites (N-methyl/N-ethyl adjacent to an activating group) is 1. The molecule has 114 valence electrons. The van der Waals surface area contributed by atoms with Crippen molar-refractivity contribution >= 4 is 5.69 Å². The van der Waals surface area contributed by atoms with Gasteiger partial charge in [-0.2, -0.15) is 0 Å². The molecule has 0 aromatic heterocycles. The summed E-state index contributed by atoms with van der Waals surface area (Å²) in [7, 11) is 0. The molecule has 0 heterocycles. The molecular formula is C17H30N2O. The van der Waals surface area contributed by atoms with Gasteiger partial charge in [0.25, 0.3) is 0 Å². The fourth-order valence-corrected chi connectivity index (χ4v) is 2.45. The van der Waals surface area contributed by atoms with Gasteiger partial charge in [-0.25, -0.2) is 0 Å². The van der Waals surface area contributed by atoms with E-state index in [1.807, 2.05) is 13.8 Å². The highest BCUT2D eigenvalue weighted by Crippen LogP contribution is 2.27. The summed E-state index contributed by atoms with van der Waals surface area (Å²) in [6.45, 7) is 12.8. The summed E-state index contributed by atoms with van der Waals surface area (Å²) in [5, 5.41) is 13.6. The summed E-state index contributed by atoms with van der Waals surface area (Å²) in [5.74, 6) is 0. The number of rotatable bonds is 8. The monoisotopic (exact) mass is 278 g/mol. The van der Waals surface area contributed by atoms with Crippen LogP contribution in [0.3, 0.4) is 0 Å². The second kappa shape index (κ2) is 7.65. The normalized spacial score (nSPS) is 13.3. The van der Waals surface area contributed by atoms with E-state index in [0.29, 0.717) is 12.6 Å². The van der Waals surface area contributed by atoms with E-state index in [2.05, 4.69) is 55.3 Å². The van der Waals surface area contributed by atoms with Crippen molar-refractivity contribution in [3.63, 3.8) is 0 Å². The third-order valence-electron chi connectivity index (χ3n) is 3.40. The number of benzene rings is 1.